The van der Waals surface area contributed by atoms with Crippen LogP contribution in [0.4, 0.5) is 5.82 Å². The Bertz CT molecular complexity index is 1320. The van der Waals surface area contributed by atoms with Crippen LogP contribution in [0.3, 0.4) is 0 Å². The summed E-state index contributed by atoms with van der Waals surface area (Å²) < 4.78 is 31.9. The third-order valence-electron chi connectivity index (χ3n) is 6.96. The Labute approximate surface area is 221 Å². The van der Waals surface area contributed by atoms with Gasteiger partial charge in [0.2, 0.25) is 0 Å². The molecule has 198 valence electrons. The Kier molecular flexibility index (Phi) is 8.12. The van der Waals surface area contributed by atoms with Gasteiger partial charge in [0.25, 0.3) is 5.91 Å². The Balaban J connectivity index is 0.00000320. The summed E-state index contributed by atoms with van der Waals surface area (Å²) in [5, 5.41) is 17.6. The van der Waals surface area contributed by atoms with Crippen molar-refractivity contribution in [2.45, 2.75) is 41.7 Å². The van der Waals surface area contributed by atoms with Crippen molar-refractivity contribution >= 4 is 34.0 Å². The molecule has 4 heterocycles. The molecule has 11 nitrogen and oxygen atoms in total. The Morgan fingerprint density at radius 2 is 1.73 bits per heavy atom. The molecule has 1 aromatic carbocycles. The Morgan fingerprint density at radius 3 is 2.35 bits per heavy atom. The Hall–Kier alpha value is -3.06. The van der Waals surface area contributed by atoms with Gasteiger partial charge >= 0.3 is 0 Å². The van der Waals surface area contributed by atoms with Crippen LogP contribution < -0.4 is 10.4 Å². The lowest BCUT2D eigenvalue weighted by Gasteiger charge is -2.34. The first-order valence-corrected chi connectivity index (χ1v) is 13.4. The zero-order valence-electron chi connectivity index (χ0n) is 20.1. The van der Waals surface area contributed by atoms with Crippen molar-refractivity contribution in [1.82, 2.24) is 25.5 Å². The number of halogens is 1. The number of aromatic nitrogens is 4. The molecule has 2 N–H and O–H groups in total. The standard InChI is InChI=1S/C24H28N6O5S.ClH/c31-23(27-32)24(10-14-35-15-11-24)36(33,34)20-7-5-19(6-8-20)30-17-21(26-28-30)18-4-9-22(25-16-18)29-12-2-1-3-13-29;/h4-9,16-17,32H,1-3,10-15H2,(H,27,31);1H. The number of nitrogens with one attached hydrogen (secondary N) is 1. The minimum atomic E-state index is -4.09. The van der Waals surface area contributed by atoms with E-state index in [9.17, 15) is 18.4 Å². The first-order chi connectivity index (χ1) is 17.4. The number of rotatable bonds is 6. The van der Waals surface area contributed by atoms with Crippen molar-refractivity contribution in [2.75, 3.05) is 31.2 Å². The van der Waals surface area contributed by atoms with E-state index in [1.54, 1.807) is 29.2 Å². The maximum absolute atomic E-state index is 13.4. The molecular formula is C24H29ClN6O5S. The van der Waals surface area contributed by atoms with Gasteiger partial charge in [0, 0.05) is 38.1 Å². The second kappa shape index (κ2) is 11.1. The van der Waals surface area contributed by atoms with E-state index in [0.29, 0.717) is 11.4 Å². The summed E-state index contributed by atoms with van der Waals surface area (Å²) in [7, 11) is -4.09. The summed E-state index contributed by atoms with van der Waals surface area (Å²) in [6.45, 7) is 2.27. The molecular weight excluding hydrogens is 520 g/mol. The lowest BCUT2D eigenvalue weighted by molar-refractivity contribution is -0.134. The van der Waals surface area contributed by atoms with Crippen molar-refractivity contribution in [3.63, 3.8) is 0 Å². The average Bonchev–Trinajstić information content (AvgIpc) is 3.44. The number of ether oxygens (including phenoxy) is 1. The van der Waals surface area contributed by atoms with Crippen molar-refractivity contribution in [1.29, 1.82) is 0 Å². The summed E-state index contributed by atoms with van der Waals surface area (Å²) in [6, 6.07) is 10.0. The van der Waals surface area contributed by atoms with Crippen LogP contribution in [-0.2, 0) is 19.4 Å². The number of piperidine rings is 1. The Morgan fingerprint density at radius 1 is 1.03 bits per heavy atom. The van der Waals surface area contributed by atoms with Crippen LogP contribution in [0.1, 0.15) is 32.1 Å². The van der Waals surface area contributed by atoms with Crippen molar-refractivity contribution in [3.8, 4) is 16.9 Å². The second-order valence-electron chi connectivity index (χ2n) is 9.05. The molecule has 0 saturated carbocycles. The van der Waals surface area contributed by atoms with Crippen molar-refractivity contribution < 1.29 is 23.2 Å². The van der Waals surface area contributed by atoms with E-state index < -0.39 is 20.5 Å². The number of hydrogen-bond donors (Lipinski definition) is 2. The number of pyridine rings is 1. The molecule has 5 rings (SSSR count). The number of carbonyl (C=O) groups excluding carboxylic acids is 1. The van der Waals surface area contributed by atoms with Crippen molar-refractivity contribution in [3.05, 3.63) is 48.8 Å². The smallest absolute Gasteiger partial charge is 0.265 e. The first-order valence-electron chi connectivity index (χ1n) is 12.0. The maximum Gasteiger partial charge on any atom is 0.265 e. The van der Waals surface area contributed by atoms with Gasteiger partial charge in [-0.25, -0.2) is 23.6 Å². The highest BCUT2D eigenvalue weighted by atomic mass is 35.5. The van der Waals surface area contributed by atoms with Gasteiger partial charge in [-0.2, -0.15) is 0 Å². The van der Waals surface area contributed by atoms with Crippen molar-refractivity contribution in [2.24, 2.45) is 0 Å². The number of benzene rings is 1. The number of anilines is 1. The molecule has 2 aliphatic rings. The van der Waals surface area contributed by atoms with Crippen LogP contribution in [0.2, 0.25) is 0 Å². The van der Waals surface area contributed by atoms with Crippen LogP contribution >= 0.6 is 12.4 Å². The van der Waals surface area contributed by atoms with Crippen LogP contribution in [0.5, 0.6) is 0 Å². The summed E-state index contributed by atoms with van der Waals surface area (Å²) >= 11 is 0. The zero-order valence-corrected chi connectivity index (χ0v) is 21.7. The van der Waals surface area contributed by atoms with E-state index in [1.807, 2.05) is 12.1 Å². The van der Waals surface area contributed by atoms with Gasteiger partial charge in [-0.3, -0.25) is 10.0 Å². The number of nitrogens with zero attached hydrogens (tertiary/aromatic N) is 5. The highest BCUT2D eigenvalue weighted by molar-refractivity contribution is 7.93. The molecule has 0 aliphatic carbocycles. The normalized spacial score (nSPS) is 17.6. The SMILES string of the molecule is Cl.O=C(NO)C1(S(=O)(=O)c2ccc(-n3cc(-c4ccc(N5CCCCC5)nc4)nn3)cc2)CCOCC1. The number of hydrogen-bond acceptors (Lipinski definition) is 9. The van der Waals surface area contributed by atoms with Gasteiger partial charge in [-0.15, -0.1) is 17.5 Å². The quantitative estimate of drug-likeness (QED) is 0.351. The highest BCUT2D eigenvalue weighted by Gasteiger charge is 2.52. The third-order valence-corrected chi connectivity index (χ3v) is 9.47. The van der Waals surface area contributed by atoms with Crippen LogP contribution in [-0.4, -0.2) is 70.6 Å². The molecule has 2 aliphatic heterocycles. The van der Waals surface area contributed by atoms with E-state index in [0.717, 1.165) is 24.5 Å². The van der Waals surface area contributed by atoms with Gasteiger partial charge in [-0.1, -0.05) is 5.21 Å². The molecule has 0 spiro atoms. The van der Waals surface area contributed by atoms with E-state index in [-0.39, 0.29) is 43.4 Å². The predicted octanol–water partition coefficient (Wildman–Crippen LogP) is 2.57. The largest absolute Gasteiger partial charge is 0.381 e. The predicted molar refractivity (Wildman–Crippen MR) is 138 cm³/mol. The monoisotopic (exact) mass is 548 g/mol. The molecule has 2 aromatic heterocycles. The van der Waals surface area contributed by atoms with E-state index in [2.05, 4.69) is 20.2 Å². The van der Waals surface area contributed by atoms with E-state index in [4.69, 9.17) is 4.74 Å². The summed E-state index contributed by atoms with van der Waals surface area (Å²) in [5.74, 6) is 0.00975. The summed E-state index contributed by atoms with van der Waals surface area (Å²) in [6.07, 6.45) is 7.08. The minimum absolute atomic E-state index is 0. The van der Waals surface area contributed by atoms with Crippen LogP contribution in [0, 0.1) is 0 Å². The molecule has 1 amide bonds. The topological polar surface area (TPSA) is 140 Å². The van der Waals surface area contributed by atoms with Gasteiger partial charge in [0.1, 0.15) is 11.5 Å². The molecule has 2 fully saturated rings. The summed E-state index contributed by atoms with van der Waals surface area (Å²) in [4.78, 5) is 19.3. The minimum Gasteiger partial charge on any atom is -0.381 e. The lowest BCUT2D eigenvalue weighted by atomic mass is 9.98. The fraction of sp³-hybridized carbons (Fsp3) is 0.417. The number of carbonyl (C=O) groups is 1. The average molecular weight is 549 g/mol. The molecule has 0 bridgehead atoms. The molecule has 0 atom stereocenters. The third kappa shape index (κ3) is 5.06. The van der Waals surface area contributed by atoms with Gasteiger partial charge in [0.05, 0.1) is 16.8 Å². The van der Waals surface area contributed by atoms with Crippen LogP contribution in [0.15, 0.2) is 53.7 Å². The van der Waals surface area contributed by atoms with E-state index in [1.165, 1.54) is 36.9 Å². The van der Waals surface area contributed by atoms with Gasteiger partial charge in [0.15, 0.2) is 14.6 Å². The molecule has 0 unspecified atom stereocenters. The fourth-order valence-electron chi connectivity index (χ4n) is 4.79. The molecule has 0 radical (unpaired) electrons. The van der Waals surface area contributed by atoms with Crippen LogP contribution in [0.25, 0.3) is 16.9 Å². The maximum atomic E-state index is 13.4. The van der Waals surface area contributed by atoms with Gasteiger partial charge < -0.3 is 9.64 Å². The molecule has 2 saturated heterocycles. The fourth-order valence-corrected chi connectivity index (χ4v) is 6.73. The molecule has 3 aromatic rings. The second-order valence-corrected chi connectivity index (χ2v) is 11.3. The number of hydroxylamine groups is 1. The number of amides is 1. The van der Waals surface area contributed by atoms with Gasteiger partial charge in [-0.05, 0) is 68.5 Å². The summed E-state index contributed by atoms with van der Waals surface area (Å²) in [5.41, 5.74) is 3.61. The zero-order chi connectivity index (χ0) is 25.2. The highest BCUT2D eigenvalue weighted by Crippen LogP contribution is 2.35. The molecule has 13 heteroatoms. The molecule has 37 heavy (non-hydrogen) atoms. The van der Waals surface area contributed by atoms with E-state index >= 15 is 0 Å². The lowest BCUT2D eigenvalue weighted by Crippen LogP contribution is -2.54. The number of sulfone groups is 1. The first kappa shape index (κ1) is 27.0.